The van der Waals surface area contributed by atoms with Crippen LogP contribution in [-0.4, -0.2) is 19.5 Å². The van der Waals surface area contributed by atoms with Crippen LogP contribution in [0.4, 0.5) is 0 Å². The van der Waals surface area contributed by atoms with Gasteiger partial charge in [-0.05, 0) is 57.9 Å². The molecule has 12 aromatic rings. The molecule has 0 aliphatic carbocycles. The minimum absolute atomic E-state index is 0.606. The zero-order chi connectivity index (χ0) is 36.7. The van der Waals surface area contributed by atoms with Crippen molar-refractivity contribution in [3.8, 4) is 39.9 Å². The lowest BCUT2D eigenvalue weighted by Gasteiger charge is -2.14. The van der Waals surface area contributed by atoms with E-state index in [0.29, 0.717) is 17.5 Å². The fourth-order valence-electron chi connectivity index (χ4n) is 8.58. The predicted octanol–water partition coefficient (Wildman–Crippen LogP) is 13.3. The van der Waals surface area contributed by atoms with Crippen LogP contribution in [0.3, 0.4) is 0 Å². The number of benzene rings is 9. The number of rotatable bonds is 4. The summed E-state index contributed by atoms with van der Waals surface area (Å²) in [5.41, 5.74) is 7.85. The first-order valence-electron chi connectivity index (χ1n) is 18.9. The first-order chi connectivity index (χ1) is 27.7. The third kappa shape index (κ3) is 4.64. The van der Waals surface area contributed by atoms with Gasteiger partial charge in [0.25, 0.3) is 0 Å². The van der Waals surface area contributed by atoms with Crippen molar-refractivity contribution in [2.24, 2.45) is 0 Å². The fourth-order valence-corrected chi connectivity index (χ4v) is 8.58. The molecule has 0 unspecified atom stereocenters. The van der Waals surface area contributed by atoms with E-state index < -0.39 is 0 Å². The number of furan rings is 1. The maximum Gasteiger partial charge on any atom is 0.164 e. The highest BCUT2D eigenvalue weighted by Crippen LogP contribution is 2.42. The molecule has 0 saturated carbocycles. The molecule has 0 aliphatic heterocycles. The van der Waals surface area contributed by atoms with Crippen molar-refractivity contribution >= 4 is 76.1 Å². The zero-order valence-corrected chi connectivity index (χ0v) is 30.0. The zero-order valence-electron chi connectivity index (χ0n) is 30.0. The third-order valence-electron chi connectivity index (χ3n) is 11.2. The minimum Gasteiger partial charge on any atom is -0.455 e. The van der Waals surface area contributed by atoms with E-state index in [-0.39, 0.29) is 0 Å². The minimum atomic E-state index is 0.606. The van der Waals surface area contributed by atoms with Gasteiger partial charge in [-0.25, -0.2) is 15.0 Å². The SMILES string of the molecule is c1ccc(-c2nc(-c3ccc4ccccc4c3)nc(-c3cc4c5ccccc5oc4c4cc(-n5c6ccccc6c6ccc7ccccc7c65)ccc34)n2)cc1. The van der Waals surface area contributed by atoms with E-state index in [1.807, 2.05) is 30.3 Å². The molecule has 0 saturated heterocycles. The van der Waals surface area contributed by atoms with Crippen LogP contribution in [0.2, 0.25) is 0 Å². The smallest absolute Gasteiger partial charge is 0.164 e. The van der Waals surface area contributed by atoms with Crippen LogP contribution in [-0.2, 0) is 0 Å². The molecular formula is C51H30N4O. The van der Waals surface area contributed by atoms with Gasteiger partial charge in [0.15, 0.2) is 17.5 Å². The van der Waals surface area contributed by atoms with Crippen LogP contribution in [0.15, 0.2) is 186 Å². The molecule has 0 radical (unpaired) electrons. The second-order valence-electron chi connectivity index (χ2n) is 14.4. The summed E-state index contributed by atoms with van der Waals surface area (Å²) in [4.78, 5) is 15.5. The lowest BCUT2D eigenvalue weighted by atomic mass is 9.98. The Balaban J connectivity index is 1.17. The summed E-state index contributed by atoms with van der Waals surface area (Å²) in [6, 6.07) is 63.9. The van der Waals surface area contributed by atoms with Gasteiger partial charge in [-0.2, -0.15) is 0 Å². The van der Waals surface area contributed by atoms with E-state index in [0.717, 1.165) is 66.0 Å². The van der Waals surface area contributed by atoms with Crippen molar-refractivity contribution in [2.75, 3.05) is 0 Å². The maximum atomic E-state index is 6.74. The number of para-hydroxylation sites is 2. The van der Waals surface area contributed by atoms with Gasteiger partial charge in [0.2, 0.25) is 0 Å². The van der Waals surface area contributed by atoms with Crippen molar-refractivity contribution in [3.05, 3.63) is 182 Å². The van der Waals surface area contributed by atoms with Gasteiger partial charge in [-0.1, -0.05) is 146 Å². The molecule has 0 amide bonds. The fraction of sp³-hybridized carbons (Fsp3) is 0. The Labute approximate surface area is 320 Å². The Kier molecular flexibility index (Phi) is 6.56. The Hall–Kier alpha value is -7.63. The number of hydrogen-bond acceptors (Lipinski definition) is 4. The van der Waals surface area contributed by atoms with Gasteiger partial charge in [-0.15, -0.1) is 0 Å². The van der Waals surface area contributed by atoms with Crippen LogP contribution in [0, 0.1) is 0 Å². The average Bonchev–Trinajstić information content (AvgIpc) is 3.82. The summed E-state index contributed by atoms with van der Waals surface area (Å²) in [5.74, 6) is 1.85. The summed E-state index contributed by atoms with van der Waals surface area (Å²) in [6.45, 7) is 0. The van der Waals surface area contributed by atoms with E-state index in [2.05, 4.69) is 156 Å². The third-order valence-corrected chi connectivity index (χ3v) is 11.2. The molecule has 0 fully saturated rings. The van der Waals surface area contributed by atoms with Crippen LogP contribution in [0.25, 0.3) is 116 Å². The standard InChI is InChI=1S/C51H30N4O/c1-2-14-33(15-3-1)49-52-50(35-23-22-31-12-4-5-16-34(31)28-35)54-51(53-49)44-30-43-40-19-9-11-21-46(40)56-48(43)42-29-36(25-27-38(42)44)55-45-20-10-8-18-39(45)41-26-24-32-13-6-7-17-37(32)47(41)55/h1-30H. The van der Waals surface area contributed by atoms with E-state index in [1.54, 1.807) is 0 Å². The second-order valence-corrected chi connectivity index (χ2v) is 14.4. The topological polar surface area (TPSA) is 56.7 Å². The molecule has 56 heavy (non-hydrogen) atoms. The van der Waals surface area contributed by atoms with E-state index >= 15 is 0 Å². The molecule has 12 rings (SSSR count). The van der Waals surface area contributed by atoms with E-state index in [4.69, 9.17) is 19.4 Å². The van der Waals surface area contributed by atoms with Crippen LogP contribution < -0.4 is 0 Å². The molecule has 5 heteroatoms. The average molecular weight is 715 g/mol. The van der Waals surface area contributed by atoms with Gasteiger partial charge in [-0.3, -0.25) is 0 Å². The van der Waals surface area contributed by atoms with Crippen molar-refractivity contribution in [1.29, 1.82) is 0 Å². The normalized spacial score (nSPS) is 11.9. The predicted molar refractivity (Wildman–Crippen MR) is 230 cm³/mol. The highest BCUT2D eigenvalue weighted by molar-refractivity contribution is 6.21. The van der Waals surface area contributed by atoms with Gasteiger partial charge >= 0.3 is 0 Å². The molecule has 0 aliphatic rings. The second kappa shape index (κ2) is 11.9. The number of nitrogens with zero attached hydrogens (tertiary/aromatic N) is 4. The molecule has 260 valence electrons. The molecule has 5 nitrogen and oxygen atoms in total. The molecule has 0 bridgehead atoms. The van der Waals surface area contributed by atoms with Crippen LogP contribution in [0.1, 0.15) is 0 Å². The Bertz CT molecular complexity index is 3540. The van der Waals surface area contributed by atoms with Gasteiger partial charge in [0.1, 0.15) is 11.2 Å². The lowest BCUT2D eigenvalue weighted by molar-refractivity contribution is 0.672. The summed E-state index contributed by atoms with van der Waals surface area (Å²) >= 11 is 0. The summed E-state index contributed by atoms with van der Waals surface area (Å²) in [7, 11) is 0. The van der Waals surface area contributed by atoms with Gasteiger partial charge in [0, 0.05) is 54.7 Å². The van der Waals surface area contributed by atoms with E-state index in [9.17, 15) is 0 Å². The molecular weight excluding hydrogens is 685 g/mol. The quantitative estimate of drug-likeness (QED) is 0.182. The van der Waals surface area contributed by atoms with Crippen molar-refractivity contribution in [1.82, 2.24) is 19.5 Å². The molecule has 0 spiro atoms. The monoisotopic (exact) mass is 714 g/mol. The molecule has 3 aromatic heterocycles. The molecule has 0 N–H and O–H groups in total. The van der Waals surface area contributed by atoms with Crippen molar-refractivity contribution in [2.45, 2.75) is 0 Å². The first-order valence-corrected chi connectivity index (χ1v) is 18.9. The number of aromatic nitrogens is 4. The number of fused-ring (bicyclic) bond motifs is 11. The van der Waals surface area contributed by atoms with E-state index in [1.165, 1.54) is 32.4 Å². The molecule has 3 heterocycles. The Morgan fingerprint density at radius 3 is 1.89 bits per heavy atom. The molecule has 0 atom stereocenters. The van der Waals surface area contributed by atoms with Gasteiger partial charge in [0.05, 0.1) is 11.0 Å². The highest BCUT2D eigenvalue weighted by Gasteiger charge is 2.21. The maximum absolute atomic E-state index is 6.74. The Morgan fingerprint density at radius 1 is 0.375 bits per heavy atom. The highest BCUT2D eigenvalue weighted by atomic mass is 16.3. The van der Waals surface area contributed by atoms with Crippen LogP contribution >= 0.6 is 0 Å². The Morgan fingerprint density at radius 2 is 1.02 bits per heavy atom. The number of hydrogen-bond donors (Lipinski definition) is 0. The van der Waals surface area contributed by atoms with Crippen molar-refractivity contribution < 1.29 is 4.42 Å². The summed E-state index contributed by atoms with van der Waals surface area (Å²) in [5, 5.41) is 11.2. The summed E-state index contributed by atoms with van der Waals surface area (Å²) < 4.78 is 9.14. The van der Waals surface area contributed by atoms with Gasteiger partial charge < -0.3 is 8.98 Å². The largest absolute Gasteiger partial charge is 0.455 e. The molecule has 9 aromatic carbocycles. The van der Waals surface area contributed by atoms with Crippen molar-refractivity contribution in [3.63, 3.8) is 0 Å². The first kappa shape index (κ1) is 30.8. The lowest BCUT2D eigenvalue weighted by Crippen LogP contribution is -2.01. The summed E-state index contributed by atoms with van der Waals surface area (Å²) in [6.07, 6.45) is 0. The van der Waals surface area contributed by atoms with Crippen LogP contribution in [0.5, 0.6) is 0 Å².